The monoisotopic (exact) mass is 311 g/mol. The molecule has 1 aliphatic heterocycles. The van der Waals surface area contributed by atoms with Crippen molar-refractivity contribution in [2.75, 3.05) is 4.90 Å². The predicted octanol–water partition coefficient (Wildman–Crippen LogP) is 3.56. The third-order valence-corrected chi connectivity index (χ3v) is 4.09. The van der Waals surface area contributed by atoms with Gasteiger partial charge in [0, 0.05) is 6.42 Å². The van der Waals surface area contributed by atoms with E-state index in [0.717, 1.165) is 16.7 Å². The molecule has 2 aromatic carbocycles. The van der Waals surface area contributed by atoms with E-state index >= 15 is 0 Å². The molecule has 1 heterocycles. The molecule has 3 nitrogen and oxygen atoms in total. The van der Waals surface area contributed by atoms with E-state index in [2.05, 4.69) is 6.07 Å². The van der Waals surface area contributed by atoms with Crippen LogP contribution in [0.4, 0.5) is 10.1 Å². The number of hydrogen-bond acceptors (Lipinski definition) is 2. The van der Waals surface area contributed by atoms with Crippen molar-refractivity contribution in [3.8, 4) is 0 Å². The van der Waals surface area contributed by atoms with Crippen LogP contribution in [0.1, 0.15) is 23.1 Å². The SMILES string of the molecule is Cc1cc(C)cc(C[C@H]2CC(=O)N(c3ccc(F)cc3)C2=O)c1. The first-order valence-electron chi connectivity index (χ1n) is 7.63. The zero-order chi connectivity index (χ0) is 16.6. The Morgan fingerprint density at radius 1 is 1.04 bits per heavy atom. The van der Waals surface area contributed by atoms with Gasteiger partial charge in [-0.1, -0.05) is 29.3 Å². The molecular weight excluding hydrogens is 293 g/mol. The minimum atomic E-state index is -0.389. The molecule has 0 spiro atoms. The second-order valence-electron chi connectivity index (χ2n) is 6.14. The van der Waals surface area contributed by atoms with E-state index < -0.39 is 0 Å². The molecule has 1 atom stereocenters. The van der Waals surface area contributed by atoms with Gasteiger partial charge >= 0.3 is 0 Å². The summed E-state index contributed by atoms with van der Waals surface area (Å²) in [6.07, 6.45) is 0.744. The average Bonchev–Trinajstić information content (AvgIpc) is 2.74. The van der Waals surface area contributed by atoms with E-state index in [1.54, 1.807) is 0 Å². The molecule has 2 aromatic rings. The van der Waals surface area contributed by atoms with Crippen LogP contribution in [-0.2, 0) is 16.0 Å². The Balaban J connectivity index is 1.82. The lowest BCUT2D eigenvalue weighted by Gasteiger charge is -2.15. The van der Waals surface area contributed by atoms with Gasteiger partial charge in [-0.05, 0) is 50.1 Å². The van der Waals surface area contributed by atoms with Gasteiger partial charge in [0.1, 0.15) is 5.82 Å². The fourth-order valence-corrected chi connectivity index (χ4v) is 3.19. The van der Waals surface area contributed by atoms with Crippen molar-refractivity contribution in [3.05, 3.63) is 65.0 Å². The van der Waals surface area contributed by atoms with E-state index in [4.69, 9.17) is 0 Å². The Bertz CT molecular complexity index is 747. The summed E-state index contributed by atoms with van der Waals surface area (Å²) in [4.78, 5) is 26.0. The van der Waals surface area contributed by atoms with Crippen molar-refractivity contribution in [1.82, 2.24) is 0 Å². The van der Waals surface area contributed by atoms with Gasteiger partial charge in [0.05, 0.1) is 11.6 Å². The highest BCUT2D eigenvalue weighted by Gasteiger charge is 2.39. The molecule has 1 saturated heterocycles. The zero-order valence-corrected chi connectivity index (χ0v) is 13.2. The quantitative estimate of drug-likeness (QED) is 0.813. The molecule has 0 bridgehead atoms. The van der Waals surface area contributed by atoms with Gasteiger partial charge in [-0.2, -0.15) is 0 Å². The minimum Gasteiger partial charge on any atom is -0.274 e. The van der Waals surface area contributed by atoms with Crippen molar-refractivity contribution in [3.63, 3.8) is 0 Å². The number of amides is 2. The molecule has 0 N–H and O–H groups in total. The Morgan fingerprint density at radius 3 is 2.26 bits per heavy atom. The highest BCUT2D eigenvalue weighted by Crippen LogP contribution is 2.29. The summed E-state index contributed by atoms with van der Waals surface area (Å²) in [5.41, 5.74) is 3.79. The summed E-state index contributed by atoms with van der Waals surface area (Å²) in [5.74, 6) is -1.18. The molecule has 0 aromatic heterocycles. The molecule has 3 rings (SSSR count). The number of carbonyl (C=O) groups is 2. The summed E-state index contributed by atoms with van der Waals surface area (Å²) in [6, 6.07) is 11.6. The fraction of sp³-hybridized carbons (Fsp3) is 0.263. The van der Waals surface area contributed by atoms with Crippen LogP contribution in [0.15, 0.2) is 42.5 Å². The maximum Gasteiger partial charge on any atom is 0.237 e. The van der Waals surface area contributed by atoms with Crippen LogP contribution in [0, 0.1) is 25.6 Å². The minimum absolute atomic E-state index is 0.198. The molecule has 0 saturated carbocycles. The lowest BCUT2D eigenvalue weighted by Crippen LogP contribution is -2.30. The summed E-state index contributed by atoms with van der Waals surface area (Å²) < 4.78 is 13.0. The molecule has 1 aliphatic rings. The van der Waals surface area contributed by atoms with E-state index in [0.29, 0.717) is 12.1 Å². The molecule has 23 heavy (non-hydrogen) atoms. The third kappa shape index (κ3) is 3.16. The molecule has 118 valence electrons. The zero-order valence-electron chi connectivity index (χ0n) is 13.2. The first kappa shape index (κ1) is 15.4. The van der Waals surface area contributed by atoms with Crippen molar-refractivity contribution >= 4 is 17.5 Å². The van der Waals surface area contributed by atoms with Gasteiger partial charge in [-0.3, -0.25) is 14.5 Å². The lowest BCUT2D eigenvalue weighted by atomic mass is 9.95. The number of anilines is 1. The van der Waals surface area contributed by atoms with E-state index in [1.807, 2.05) is 26.0 Å². The fourth-order valence-electron chi connectivity index (χ4n) is 3.19. The van der Waals surface area contributed by atoms with E-state index in [9.17, 15) is 14.0 Å². The average molecular weight is 311 g/mol. The number of hydrogen-bond donors (Lipinski definition) is 0. The standard InChI is InChI=1S/C19H18FNO2/c1-12-7-13(2)9-14(8-12)10-15-11-18(22)21(19(15)23)17-5-3-16(20)4-6-17/h3-9,15H,10-11H2,1-2H3/t15-/m0/s1. The molecule has 2 amide bonds. The van der Waals surface area contributed by atoms with Crippen molar-refractivity contribution in [2.45, 2.75) is 26.7 Å². The van der Waals surface area contributed by atoms with Crippen molar-refractivity contribution in [1.29, 1.82) is 0 Å². The number of halogens is 1. The van der Waals surface area contributed by atoms with Gasteiger partial charge in [0.15, 0.2) is 0 Å². The number of carbonyl (C=O) groups excluding carboxylic acids is 2. The first-order valence-corrected chi connectivity index (χ1v) is 7.63. The maximum atomic E-state index is 13.0. The van der Waals surface area contributed by atoms with Crippen LogP contribution in [0.5, 0.6) is 0 Å². The van der Waals surface area contributed by atoms with E-state index in [-0.39, 0.29) is 30.0 Å². The maximum absolute atomic E-state index is 13.0. The topological polar surface area (TPSA) is 37.4 Å². The number of benzene rings is 2. The van der Waals surface area contributed by atoms with Crippen LogP contribution < -0.4 is 4.90 Å². The van der Waals surface area contributed by atoms with Gasteiger partial charge < -0.3 is 0 Å². The smallest absolute Gasteiger partial charge is 0.237 e. The highest BCUT2D eigenvalue weighted by molar-refractivity contribution is 6.20. The third-order valence-electron chi connectivity index (χ3n) is 4.09. The van der Waals surface area contributed by atoms with Gasteiger partial charge in [-0.25, -0.2) is 4.39 Å². The lowest BCUT2D eigenvalue weighted by molar-refractivity contribution is -0.122. The molecule has 0 aliphatic carbocycles. The number of aryl methyl sites for hydroxylation is 2. The van der Waals surface area contributed by atoms with Crippen LogP contribution in [-0.4, -0.2) is 11.8 Å². The Kier molecular flexibility index (Phi) is 3.99. The second-order valence-corrected chi connectivity index (χ2v) is 6.14. The second kappa shape index (κ2) is 5.95. The summed E-state index contributed by atoms with van der Waals surface area (Å²) >= 11 is 0. The number of imide groups is 1. The van der Waals surface area contributed by atoms with Gasteiger partial charge in [-0.15, -0.1) is 0 Å². The van der Waals surface area contributed by atoms with Crippen molar-refractivity contribution in [2.24, 2.45) is 5.92 Å². The Morgan fingerprint density at radius 2 is 1.65 bits per heavy atom. The first-order chi connectivity index (χ1) is 10.9. The highest BCUT2D eigenvalue weighted by atomic mass is 19.1. The van der Waals surface area contributed by atoms with Crippen LogP contribution in [0.3, 0.4) is 0 Å². The molecule has 0 radical (unpaired) electrons. The van der Waals surface area contributed by atoms with Gasteiger partial charge in [0.25, 0.3) is 0 Å². The normalized spacial score (nSPS) is 17.9. The summed E-state index contributed by atoms with van der Waals surface area (Å²) in [5, 5.41) is 0. The molecular formula is C19H18FNO2. The number of nitrogens with zero attached hydrogens (tertiary/aromatic N) is 1. The van der Waals surface area contributed by atoms with Crippen LogP contribution in [0.2, 0.25) is 0 Å². The van der Waals surface area contributed by atoms with Crippen molar-refractivity contribution < 1.29 is 14.0 Å². The summed E-state index contributed by atoms with van der Waals surface area (Å²) in [7, 11) is 0. The van der Waals surface area contributed by atoms with Crippen LogP contribution >= 0.6 is 0 Å². The van der Waals surface area contributed by atoms with Crippen LogP contribution in [0.25, 0.3) is 0 Å². The Labute approximate surface area is 134 Å². The molecule has 1 fully saturated rings. The molecule has 4 heteroatoms. The number of rotatable bonds is 3. The largest absolute Gasteiger partial charge is 0.274 e. The molecule has 0 unspecified atom stereocenters. The van der Waals surface area contributed by atoms with Gasteiger partial charge in [0.2, 0.25) is 11.8 Å². The Hall–Kier alpha value is -2.49. The van der Waals surface area contributed by atoms with E-state index in [1.165, 1.54) is 29.2 Å². The predicted molar refractivity (Wildman–Crippen MR) is 86.6 cm³/mol. The summed E-state index contributed by atoms with van der Waals surface area (Å²) in [6.45, 7) is 4.03.